The molecule has 0 unspecified atom stereocenters. The Morgan fingerprint density at radius 3 is 2.74 bits per heavy atom. The van der Waals surface area contributed by atoms with Gasteiger partial charge in [0.1, 0.15) is 5.82 Å². The van der Waals surface area contributed by atoms with E-state index in [-0.39, 0.29) is 17.9 Å². The zero-order valence-electron chi connectivity index (χ0n) is 13.5. The van der Waals surface area contributed by atoms with E-state index in [2.05, 4.69) is 5.32 Å². The number of amides is 2. The zero-order chi connectivity index (χ0) is 16.4. The van der Waals surface area contributed by atoms with Crippen molar-refractivity contribution in [1.29, 1.82) is 0 Å². The first-order valence-electron chi connectivity index (χ1n) is 7.95. The quantitative estimate of drug-likeness (QED) is 0.848. The van der Waals surface area contributed by atoms with Gasteiger partial charge in [-0.1, -0.05) is 18.2 Å². The number of likely N-dealkylation sites (tertiary alicyclic amines) is 1. The van der Waals surface area contributed by atoms with E-state index < -0.39 is 0 Å². The van der Waals surface area contributed by atoms with Gasteiger partial charge in [0.25, 0.3) is 0 Å². The number of hydrogen-bond acceptors (Lipinski definition) is 1. The maximum Gasteiger partial charge on any atom is 0.322 e. The fourth-order valence-electron chi connectivity index (χ4n) is 3.08. The van der Waals surface area contributed by atoms with Gasteiger partial charge >= 0.3 is 6.03 Å². The summed E-state index contributed by atoms with van der Waals surface area (Å²) in [5, 5.41) is 2.96. The maximum absolute atomic E-state index is 13.5. The number of anilines is 1. The Labute approximate surface area is 136 Å². The fourth-order valence-corrected chi connectivity index (χ4v) is 3.08. The third kappa shape index (κ3) is 3.36. The van der Waals surface area contributed by atoms with E-state index >= 15 is 0 Å². The summed E-state index contributed by atoms with van der Waals surface area (Å²) in [5.41, 5.74) is 3.99. The van der Waals surface area contributed by atoms with E-state index in [0.717, 1.165) is 29.7 Å². The van der Waals surface area contributed by atoms with Crippen LogP contribution in [0.3, 0.4) is 0 Å². The third-order valence-electron chi connectivity index (χ3n) is 4.51. The molecule has 2 aromatic rings. The van der Waals surface area contributed by atoms with Gasteiger partial charge in [-0.05, 0) is 67.6 Å². The Morgan fingerprint density at radius 1 is 1.17 bits per heavy atom. The van der Waals surface area contributed by atoms with Crippen LogP contribution in [0.15, 0.2) is 42.5 Å². The lowest BCUT2D eigenvalue weighted by molar-refractivity contribution is 0.207. The summed E-state index contributed by atoms with van der Waals surface area (Å²) in [5.74, 6) is -0.260. The van der Waals surface area contributed by atoms with Gasteiger partial charge in [0.05, 0.1) is 6.04 Å². The summed E-state index contributed by atoms with van der Waals surface area (Å²) in [6.45, 7) is 4.76. The summed E-state index contributed by atoms with van der Waals surface area (Å²) in [7, 11) is 0. The number of nitrogens with one attached hydrogen (secondary N) is 1. The number of hydrogen-bond donors (Lipinski definition) is 1. The van der Waals surface area contributed by atoms with Crippen LogP contribution in [0.2, 0.25) is 0 Å². The lowest BCUT2D eigenvalue weighted by Crippen LogP contribution is -2.34. The Hall–Kier alpha value is -2.36. The number of carbonyl (C=O) groups excluding carboxylic acids is 1. The molecular weight excluding hydrogens is 291 g/mol. The predicted molar refractivity (Wildman–Crippen MR) is 90.0 cm³/mol. The van der Waals surface area contributed by atoms with Crippen molar-refractivity contribution in [3.05, 3.63) is 65.0 Å². The van der Waals surface area contributed by atoms with E-state index in [9.17, 15) is 9.18 Å². The molecule has 1 fully saturated rings. The largest absolute Gasteiger partial charge is 0.322 e. The molecule has 1 saturated heterocycles. The Balaban J connectivity index is 1.76. The monoisotopic (exact) mass is 312 g/mol. The second kappa shape index (κ2) is 6.41. The molecule has 1 atom stereocenters. The summed E-state index contributed by atoms with van der Waals surface area (Å²) in [4.78, 5) is 14.4. The Bertz CT molecular complexity index is 729. The number of rotatable bonds is 2. The van der Waals surface area contributed by atoms with Crippen LogP contribution in [0.4, 0.5) is 14.9 Å². The molecule has 3 nitrogen and oxygen atoms in total. The zero-order valence-corrected chi connectivity index (χ0v) is 13.5. The van der Waals surface area contributed by atoms with Gasteiger partial charge in [-0.2, -0.15) is 0 Å². The normalized spacial score (nSPS) is 17.3. The highest BCUT2D eigenvalue weighted by Crippen LogP contribution is 2.32. The van der Waals surface area contributed by atoms with Gasteiger partial charge in [-0.15, -0.1) is 0 Å². The molecule has 0 bridgehead atoms. The number of halogens is 1. The number of nitrogens with zero attached hydrogens (tertiary/aromatic N) is 1. The smallest absolute Gasteiger partial charge is 0.317 e. The van der Waals surface area contributed by atoms with Crippen molar-refractivity contribution >= 4 is 11.7 Å². The van der Waals surface area contributed by atoms with Gasteiger partial charge in [-0.3, -0.25) is 0 Å². The van der Waals surface area contributed by atoms with Crippen molar-refractivity contribution in [3.8, 4) is 0 Å². The molecule has 0 spiro atoms. The van der Waals surface area contributed by atoms with Gasteiger partial charge in [0.15, 0.2) is 0 Å². The van der Waals surface area contributed by atoms with Crippen LogP contribution in [0.25, 0.3) is 0 Å². The molecule has 0 aromatic heterocycles. The highest BCUT2D eigenvalue weighted by atomic mass is 19.1. The first-order valence-corrected chi connectivity index (χ1v) is 7.95. The van der Waals surface area contributed by atoms with E-state index in [0.29, 0.717) is 6.54 Å². The minimum Gasteiger partial charge on any atom is -0.317 e. The van der Waals surface area contributed by atoms with Crippen molar-refractivity contribution in [2.24, 2.45) is 0 Å². The number of carbonyl (C=O) groups is 1. The minimum atomic E-state index is -0.260. The summed E-state index contributed by atoms with van der Waals surface area (Å²) < 4.78 is 13.5. The molecule has 1 aliphatic heterocycles. The van der Waals surface area contributed by atoms with Crippen LogP contribution < -0.4 is 5.32 Å². The summed E-state index contributed by atoms with van der Waals surface area (Å²) >= 11 is 0. The van der Waals surface area contributed by atoms with E-state index in [1.807, 2.05) is 38.1 Å². The Morgan fingerprint density at radius 2 is 2.00 bits per heavy atom. The van der Waals surface area contributed by atoms with Crippen molar-refractivity contribution < 1.29 is 9.18 Å². The van der Waals surface area contributed by atoms with Crippen LogP contribution in [0.1, 0.15) is 35.6 Å². The SMILES string of the molecule is Cc1ccc(NC(=O)N2CCC[C@H]2c2cccc(F)c2)cc1C. The van der Waals surface area contributed by atoms with Crippen LogP contribution in [0.5, 0.6) is 0 Å². The molecule has 0 radical (unpaired) electrons. The van der Waals surface area contributed by atoms with Crippen molar-refractivity contribution in [1.82, 2.24) is 4.90 Å². The van der Waals surface area contributed by atoms with Crippen molar-refractivity contribution in [3.63, 3.8) is 0 Å². The molecule has 1 aliphatic rings. The van der Waals surface area contributed by atoms with Crippen LogP contribution in [-0.2, 0) is 0 Å². The third-order valence-corrected chi connectivity index (χ3v) is 4.51. The van der Waals surface area contributed by atoms with E-state index in [1.165, 1.54) is 17.7 Å². The lowest BCUT2D eigenvalue weighted by atomic mass is 10.0. The Kier molecular flexibility index (Phi) is 4.33. The number of benzene rings is 2. The average Bonchev–Trinajstić information content (AvgIpc) is 3.00. The highest BCUT2D eigenvalue weighted by molar-refractivity contribution is 5.90. The second-order valence-electron chi connectivity index (χ2n) is 6.14. The van der Waals surface area contributed by atoms with Gasteiger partial charge in [0, 0.05) is 12.2 Å². The van der Waals surface area contributed by atoms with Crippen LogP contribution >= 0.6 is 0 Å². The number of aryl methyl sites for hydroxylation is 2. The molecule has 2 amide bonds. The highest BCUT2D eigenvalue weighted by Gasteiger charge is 2.30. The fraction of sp³-hybridized carbons (Fsp3) is 0.316. The van der Waals surface area contributed by atoms with Gasteiger partial charge < -0.3 is 10.2 Å². The average molecular weight is 312 g/mol. The standard InChI is InChI=1S/C19H21FN2O/c1-13-8-9-17(11-14(13)2)21-19(23)22-10-4-7-18(22)15-5-3-6-16(20)12-15/h3,5-6,8-9,11-12,18H,4,7,10H2,1-2H3,(H,21,23)/t18-/m0/s1. The van der Waals surface area contributed by atoms with Gasteiger partial charge in [0.2, 0.25) is 0 Å². The second-order valence-corrected chi connectivity index (χ2v) is 6.14. The van der Waals surface area contributed by atoms with Crippen LogP contribution in [-0.4, -0.2) is 17.5 Å². The maximum atomic E-state index is 13.5. The molecule has 0 saturated carbocycles. The van der Waals surface area contributed by atoms with Crippen LogP contribution in [0, 0.1) is 19.7 Å². The molecule has 1 heterocycles. The molecule has 4 heteroatoms. The first-order chi connectivity index (χ1) is 11.0. The minimum absolute atomic E-state index is 0.0581. The van der Waals surface area contributed by atoms with Crippen molar-refractivity contribution in [2.45, 2.75) is 32.7 Å². The summed E-state index contributed by atoms with van der Waals surface area (Å²) in [6, 6.07) is 12.2. The molecule has 3 rings (SSSR count). The topological polar surface area (TPSA) is 32.3 Å². The number of urea groups is 1. The molecule has 0 aliphatic carbocycles. The molecule has 2 aromatic carbocycles. The van der Waals surface area contributed by atoms with E-state index in [1.54, 1.807) is 11.0 Å². The van der Waals surface area contributed by atoms with Crippen molar-refractivity contribution in [2.75, 3.05) is 11.9 Å². The predicted octanol–water partition coefficient (Wildman–Crippen LogP) is 4.81. The van der Waals surface area contributed by atoms with Gasteiger partial charge in [-0.25, -0.2) is 9.18 Å². The molecular formula is C19H21FN2O. The molecule has 120 valence electrons. The summed E-state index contributed by atoms with van der Waals surface area (Å²) in [6.07, 6.45) is 1.80. The first kappa shape index (κ1) is 15.5. The molecule has 1 N–H and O–H groups in total. The van der Waals surface area contributed by atoms with E-state index in [4.69, 9.17) is 0 Å². The lowest BCUT2D eigenvalue weighted by Gasteiger charge is -2.25. The molecule has 23 heavy (non-hydrogen) atoms.